The molecular weight excluding hydrogens is 396 g/mol. The van der Waals surface area contributed by atoms with E-state index in [1.807, 2.05) is 42.5 Å². The van der Waals surface area contributed by atoms with Gasteiger partial charge in [-0.1, -0.05) is 30.3 Å². The Morgan fingerprint density at radius 2 is 1.84 bits per heavy atom. The van der Waals surface area contributed by atoms with Crippen molar-refractivity contribution in [1.82, 2.24) is 15.2 Å². The maximum Gasteiger partial charge on any atom is 0.253 e. The first-order chi connectivity index (χ1) is 15.1. The molecule has 0 spiro atoms. The second kappa shape index (κ2) is 8.99. The summed E-state index contributed by atoms with van der Waals surface area (Å²) in [4.78, 5) is 39.1. The van der Waals surface area contributed by atoms with Crippen molar-refractivity contribution in [3.63, 3.8) is 0 Å². The van der Waals surface area contributed by atoms with Crippen LogP contribution in [0.1, 0.15) is 40.0 Å². The molecule has 160 valence electrons. The van der Waals surface area contributed by atoms with Gasteiger partial charge in [0.15, 0.2) is 0 Å². The zero-order valence-corrected chi connectivity index (χ0v) is 17.3. The Morgan fingerprint density at radius 3 is 2.58 bits per heavy atom. The maximum absolute atomic E-state index is 12.9. The summed E-state index contributed by atoms with van der Waals surface area (Å²) in [6.45, 7) is 3.94. The summed E-state index contributed by atoms with van der Waals surface area (Å²) in [5.41, 5.74) is 5.81. The van der Waals surface area contributed by atoms with Crippen molar-refractivity contribution in [1.29, 1.82) is 0 Å². The van der Waals surface area contributed by atoms with Gasteiger partial charge in [0.05, 0.1) is 0 Å². The Bertz CT molecular complexity index is 1030. The first kappa shape index (κ1) is 20.6. The molecule has 2 aromatic rings. The minimum absolute atomic E-state index is 0.0346. The minimum atomic E-state index is -0.493. The molecule has 2 aliphatic heterocycles. The number of nitrogens with one attached hydrogen (secondary N) is 1. The van der Waals surface area contributed by atoms with Crippen LogP contribution in [0.4, 0.5) is 0 Å². The molecule has 0 aliphatic carbocycles. The number of amides is 2. The minimum Gasteiger partial charge on any atom is -0.471 e. The third kappa shape index (κ3) is 4.42. The Kier molecular flexibility index (Phi) is 5.97. The highest BCUT2D eigenvalue weighted by molar-refractivity contribution is 5.97. The normalized spacial score (nSPS) is 17.8. The van der Waals surface area contributed by atoms with E-state index in [2.05, 4.69) is 10.5 Å². The molecule has 1 unspecified atom stereocenters. The number of aldehydes is 1. The molecule has 1 fully saturated rings. The van der Waals surface area contributed by atoms with Gasteiger partial charge in [0.25, 0.3) is 5.91 Å². The number of hydrazone groups is 1. The lowest BCUT2D eigenvalue weighted by molar-refractivity contribution is -0.130. The van der Waals surface area contributed by atoms with Gasteiger partial charge in [-0.25, -0.2) is 0 Å². The molecule has 2 amide bonds. The van der Waals surface area contributed by atoms with Crippen LogP contribution in [0.25, 0.3) is 0 Å². The lowest BCUT2D eigenvalue weighted by Crippen LogP contribution is -2.50. The van der Waals surface area contributed by atoms with Gasteiger partial charge in [-0.2, -0.15) is 0 Å². The number of ether oxygens (including phenoxy) is 1. The molecule has 0 aromatic heterocycles. The van der Waals surface area contributed by atoms with Gasteiger partial charge >= 0.3 is 0 Å². The number of fused-ring (bicyclic) bond motifs is 1. The van der Waals surface area contributed by atoms with E-state index in [9.17, 15) is 14.4 Å². The zero-order valence-electron chi connectivity index (χ0n) is 17.3. The van der Waals surface area contributed by atoms with Crippen LogP contribution in [0.5, 0.6) is 0 Å². The molecule has 1 saturated heterocycles. The van der Waals surface area contributed by atoms with Gasteiger partial charge in [0.1, 0.15) is 18.9 Å². The average Bonchev–Trinajstić information content (AvgIpc) is 2.82. The van der Waals surface area contributed by atoms with Crippen LogP contribution in [0.2, 0.25) is 0 Å². The summed E-state index contributed by atoms with van der Waals surface area (Å²) >= 11 is 0. The molecular formula is C23H24N4O4. The summed E-state index contributed by atoms with van der Waals surface area (Å²) in [5.74, 6) is 0.388. The molecule has 8 heteroatoms. The molecule has 4 rings (SSSR count). The Labute approximate surface area is 180 Å². The summed E-state index contributed by atoms with van der Waals surface area (Å²) in [6.07, 6.45) is 0.810. The Morgan fingerprint density at radius 1 is 1.10 bits per heavy atom. The number of piperazine rings is 1. The quantitative estimate of drug-likeness (QED) is 0.761. The van der Waals surface area contributed by atoms with Crippen LogP contribution in [-0.2, 0) is 20.9 Å². The molecule has 1 N–H and O–H groups in total. The van der Waals surface area contributed by atoms with E-state index in [4.69, 9.17) is 4.74 Å². The summed E-state index contributed by atoms with van der Waals surface area (Å²) in [5, 5.41) is 4.20. The van der Waals surface area contributed by atoms with Crippen LogP contribution in [0, 0.1) is 0 Å². The fraction of sp³-hybridized carbons (Fsp3) is 0.304. The molecule has 0 radical (unpaired) electrons. The molecule has 31 heavy (non-hydrogen) atoms. The van der Waals surface area contributed by atoms with Gasteiger partial charge in [-0.15, -0.1) is 5.10 Å². The number of hydrogen-bond acceptors (Lipinski definition) is 6. The van der Waals surface area contributed by atoms with Crippen molar-refractivity contribution >= 4 is 24.0 Å². The van der Waals surface area contributed by atoms with Crippen LogP contribution >= 0.6 is 0 Å². The highest BCUT2D eigenvalue weighted by Crippen LogP contribution is 2.22. The predicted octanol–water partition coefficient (Wildman–Crippen LogP) is 1.71. The topological polar surface area (TPSA) is 91.3 Å². The van der Waals surface area contributed by atoms with Crippen molar-refractivity contribution in [2.45, 2.75) is 19.6 Å². The van der Waals surface area contributed by atoms with Gasteiger partial charge < -0.3 is 19.3 Å². The number of rotatable bonds is 4. The van der Waals surface area contributed by atoms with Crippen molar-refractivity contribution in [3.05, 3.63) is 70.8 Å². The van der Waals surface area contributed by atoms with E-state index >= 15 is 0 Å². The lowest BCUT2D eigenvalue weighted by Gasteiger charge is -2.34. The maximum atomic E-state index is 12.9. The highest BCUT2D eigenvalue weighted by Gasteiger charge is 2.24. The Hall–Kier alpha value is -3.68. The average molecular weight is 420 g/mol. The van der Waals surface area contributed by atoms with Gasteiger partial charge in [-0.3, -0.25) is 15.0 Å². The van der Waals surface area contributed by atoms with Crippen LogP contribution in [-0.4, -0.2) is 60.0 Å². The van der Waals surface area contributed by atoms with Crippen molar-refractivity contribution in [3.8, 4) is 0 Å². The predicted molar refractivity (Wildman–Crippen MR) is 114 cm³/mol. The largest absolute Gasteiger partial charge is 0.471 e. The number of benzene rings is 2. The van der Waals surface area contributed by atoms with Crippen LogP contribution < -0.4 is 5.43 Å². The fourth-order valence-electron chi connectivity index (χ4n) is 3.79. The molecule has 8 nitrogen and oxygen atoms in total. The van der Waals surface area contributed by atoms with Gasteiger partial charge in [-0.05, 0) is 29.3 Å². The van der Waals surface area contributed by atoms with E-state index in [-0.39, 0.29) is 18.4 Å². The third-order valence-electron chi connectivity index (χ3n) is 5.53. The van der Waals surface area contributed by atoms with Crippen LogP contribution in [0.15, 0.2) is 53.6 Å². The first-order valence-corrected chi connectivity index (χ1v) is 10.2. The lowest BCUT2D eigenvalue weighted by atomic mass is 10.0. The Balaban J connectivity index is 1.42. The zero-order chi connectivity index (χ0) is 21.8. The smallest absolute Gasteiger partial charge is 0.253 e. The summed E-state index contributed by atoms with van der Waals surface area (Å²) in [6, 6.07) is 14.3. The number of nitrogens with zero attached hydrogens (tertiary/aromatic N) is 3. The summed E-state index contributed by atoms with van der Waals surface area (Å²) in [7, 11) is 0. The number of hydrogen-bond donors (Lipinski definition) is 1. The standard InChI is InChI=1S/C23H24N4O4/c1-16(29)26-9-11-27(12-10-26)23(30)18-6-4-5-17(13-18)15-31-22-20-8-3-2-7-19(20)21(14-28)24-25-22/h2-8,13-14,21,24H,9-12,15H2,1H3. The van der Waals surface area contributed by atoms with E-state index in [1.165, 1.54) is 0 Å². The molecule has 2 aliphatic rings. The third-order valence-corrected chi connectivity index (χ3v) is 5.53. The second-order valence-corrected chi connectivity index (χ2v) is 7.53. The molecule has 1 atom stereocenters. The number of carbonyl (C=O) groups is 3. The molecule has 2 aromatic carbocycles. The van der Waals surface area contributed by atoms with Crippen molar-refractivity contribution in [2.24, 2.45) is 5.10 Å². The van der Waals surface area contributed by atoms with E-state index in [0.717, 1.165) is 23.0 Å². The fourth-order valence-corrected chi connectivity index (χ4v) is 3.79. The highest BCUT2D eigenvalue weighted by atomic mass is 16.5. The van der Waals surface area contributed by atoms with Crippen LogP contribution in [0.3, 0.4) is 0 Å². The van der Waals surface area contributed by atoms with E-state index in [0.29, 0.717) is 37.6 Å². The molecule has 2 heterocycles. The first-order valence-electron chi connectivity index (χ1n) is 10.2. The molecule has 0 bridgehead atoms. The van der Waals surface area contributed by atoms with Crippen molar-refractivity contribution < 1.29 is 19.1 Å². The van der Waals surface area contributed by atoms with Crippen molar-refractivity contribution in [2.75, 3.05) is 26.2 Å². The van der Waals surface area contributed by atoms with E-state index < -0.39 is 6.04 Å². The SMILES string of the molecule is CC(=O)N1CCN(C(=O)c2cccc(COC3=NNC(C=O)c4ccccc43)c2)CC1. The van der Waals surface area contributed by atoms with Gasteiger partial charge in [0, 0.05) is 44.2 Å². The monoisotopic (exact) mass is 420 g/mol. The van der Waals surface area contributed by atoms with E-state index in [1.54, 1.807) is 22.8 Å². The van der Waals surface area contributed by atoms with Gasteiger partial charge in [0.2, 0.25) is 11.8 Å². The second-order valence-electron chi connectivity index (χ2n) is 7.53. The summed E-state index contributed by atoms with van der Waals surface area (Å²) < 4.78 is 5.91. The molecule has 0 saturated carbocycles. The number of carbonyl (C=O) groups excluding carboxylic acids is 3.